The lowest BCUT2D eigenvalue weighted by atomic mass is 9.89. The van der Waals surface area contributed by atoms with Crippen LogP contribution in [0.15, 0.2) is 24.3 Å². The Bertz CT molecular complexity index is 446. The van der Waals surface area contributed by atoms with Gasteiger partial charge >= 0.3 is 5.97 Å². The summed E-state index contributed by atoms with van der Waals surface area (Å²) < 4.78 is 10.2. The van der Waals surface area contributed by atoms with Crippen molar-refractivity contribution in [2.24, 2.45) is 11.8 Å². The molecular formula is C22H38O5. The van der Waals surface area contributed by atoms with Gasteiger partial charge in [0, 0.05) is 32.5 Å². The molecule has 0 aromatic carbocycles. The maximum Gasteiger partial charge on any atom is 0.305 e. The molecule has 0 aromatic rings. The summed E-state index contributed by atoms with van der Waals surface area (Å²) in [5.41, 5.74) is 0. The number of allylic oxidation sites excluding steroid dienone is 3. The number of carbonyl (C=O) groups excluding carboxylic acids is 1. The molecule has 27 heavy (non-hydrogen) atoms. The van der Waals surface area contributed by atoms with E-state index in [4.69, 9.17) is 9.84 Å². The molecule has 0 saturated heterocycles. The minimum absolute atomic E-state index is 0.0726. The number of rotatable bonds is 14. The third kappa shape index (κ3) is 9.54. The third-order valence-electron chi connectivity index (χ3n) is 5.39. The number of ether oxygens (including phenoxy) is 2. The van der Waals surface area contributed by atoms with Crippen molar-refractivity contribution >= 4 is 5.97 Å². The number of unbranched alkanes of at least 4 members (excludes halogenated alkanes) is 5. The first-order chi connectivity index (χ1) is 13.1. The highest BCUT2D eigenvalue weighted by Gasteiger charge is 2.40. The summed E-state index contributed by atoms with van der Waals surface area (Å²) >= 11 is 0. The lowest BCUT2D eigenvalue weighted by Gasteiger charge is -2.20. The number of methoxy groups -OCH3 is 2. The van der Waals surface area contributed by atoms with Crippen LogP contribution >= 0.6 is 0 Å². The number of hydrogen-bond donors (Lipinski definition) is 2. The molecule has 156 valence electrons. The maximum absolute atomic E-state index is 11.1. The van der Waals surface area contributed by atoms with Crippen LogP contribution in [0, 0.1) is 11.8 Å². The van der Waals surface area contributed by atoms with Crippen molar-refractivity contribution in [2.45, 2.75) is 76.4 Å². The van der Waals surface area contributed by atoms with Crippen LogP contribution in [-0.2, 0) is 14.3 Å². The van der Waals surface area contributed by atoms with Gasteiger partial charge in [0.2, 0.25) is 0 Å². The Labute approximate surface area is 164 Å². The fourth-order valence-corrected chi connectivity index (χ4v) is 3.75. The summed E-state index contributed by atoms with van der Waals surface area (Å²) in [5.74, 6) is 0.249. The van der Waals surface area contributed by atoms with Crippen molar-refractivity contribution in [1.82, 2.24) is 0 Å². The lowest BCUT2D eigenvalue weighted by Crippen LogP contribution is -2.21. The number of hydrogen-bond acceptors (Lipinski definition) is 5. The van der Waals surface area contributed by atoms with E-state index >= 15 is 0 Å². The molecule has 0 heterocycles. The lowest BCUT2D eigenvalue weighted by molar-refractivity contribution is -0.140. The minimum Gasteiger partial charge on any atom is -0.469 e. The van der Waals surface area contributed by atoms with E-state index in [1.165, 1.54) is 7.11 Å². The van der Waals surface area contributed by atoms with Crippen LogP contribution < -0.4 is 0 Å². The van der Waals surface area contributed by atoms with Crippen LogP contribution in [0.25, 0.3) is 0 Å². The van der Waals surface area contributed by atoms with E-state index in [-0.39, 0.29) is 36.6 Å². The van der Waals surface area contributed by atoms with Crippen molar-refractivity contribution in [3.8, 4) is 0 Å². The Balaban J connectivity index is 2.41. The van der Waals surface area contributed by atoms with Crippen molar-refractivity contribution in [2.75, 3.05) is 20.8 Å². The van der Waals surface area contributed by atoms with Gasteiger partial charge in [0.05, 0.1) is 19.3 Å². The molecule has 1 rings (SSSR count). The van der Waals surface area contributed by atoms with Crippen molar-refractivity contribution in [1.29, 1.82) is 0 Å². The molecule has 1 unspecified atom stereocenters. The normalized spacial score (nSPS) is 25.6. The van der Waals surface area contributed by atoms with Crippen molar-refractivity contribution in [3.05, 3.63) is 24.3 Å². The van der Waals surface area contributed by atoms with E-state index in [1.54, 1.807) is 7.11 Å². The Kier molecular flexibility index (Phi) is 13.1. The molecule has 0 spiro atoms. The molecule has 0 aromatic heterocycles. The van der Waals surface area contributed by atoms with Gasteiger partial charge in [-0.15, -0.1) is 0 Å². The van der Waals surface area contributed by atoms with E-state index in [9.17, 15) is 9.90 Å². The van der Waals surface area contributed by atoms with Gasteiger partial charge in [0.15, 0.2) is 0 Å². The smallest absolute Gasteiger partial charge is 0.305 e. The molecule has 1 saturated carbocycles. The number of aliphatic hydroxyl groups excluding tert-OH is 2. The molecule has 0 amide bonds. The molecule has 5 nitrogen and oxygen atoms in total. The Morgan fingerprint density at radius 2 is 1.78 bits per heavy atom. The first-order valence-electron chi connectivity index (χ1n) is 10.3. The monoisotopic (exact) mass is 382 g/mol. The summed E-state index contributed by atoms with van der Waals surface area (Å²) in [5, 5.41) is 19.2. The molecule has 1 fully saturated rings. The fraction of sp³-hybridized carbons (Fsp3) is 0.773. The van der Waals surface area contributed by atoms with E-state index in [0.29, 0.717) is 12.8 Å². The Morgan fingerprint density at radius 1 is 1.04 bits per heavy atom. The van der Waals surface area contributed by atoms with Gasteiger partial charge in [-0.2, -0.15) is 0 Å². The molecule has 4 atom stereocenters. The van der Waals surface area contributed by atoms with E-state index < -0.39 is 0 Å². The van der Waals surface area contributed by atoms with Gasteiger partial charge in [-0.05, 0) is 44.4 Å². The summed E-state index contributed by atoms with van der Waals surface area (Å²) in [7, 11) is 3.13. The Hall–Kier alpha value is -1.17. The first kappa shape index (κ1) is 23.9. The summed E-state index contributed by atoms with van der Waals surface area (Å²) in [4.78, 5) is 11.1. The maximum atomic E-state index is 11.1. The predicted octanol–water partition coefficient (Wildman–Crippen LogP) is 3.79. The van der Waals surface area contributed by atoms with Gasteiger partial charge in [-0.3, -0.25) is 4.79 Å². The number of carbonyl (C=O) groups is 1. The average Bonchev–Trinajstić information content (AvgIpc) is 2.98. The zero-order valence-electron chi connectivity index (χ0n) is 17.0. The van der Waals surface area contributed by atoms with Crippen LogP contribution in [-0.4, -0.2) is 49.2 Å². The van der Waals surface area contributed by atoms with Gasteiger partial charge in [-0.1, -0.05) is 37.1 Å². The molecule has 0 bridgehead atoms. The first-order valence-corrected chi connectivity index (χ1v) is 10.3. The highest BCUT2D eigenvalue weighted by molar-refractivity contribution is 5.69. The minimum atomic E-state index is -0.339. The third-order valence-corrected chi connectivity index (χ3v) is 5.39. The zero-order valence-corrected chi connectivity index (χ0v) is 17.0. The van der Waals surface area contributed by atoms with Crippen LogP contribution in [0.5, 0.6) is 0 Å². The van der Waals surface area contributed by atoms with E-state index in [1.807, 2.05) is 0 Å². The highest BCUT2D eigenvalue weighted by atomic mass is 16.5. The van der Waals surface area contributed by atoms with E-state index in [2.05, 4.69) is 29.0 Å². The van der Waals surface area contributed by atoms with Crippen LogP contribution in [0.4, 0.5) is 0 Å². The molecule has 1 aliphatic carbocycles. The van der Waals surface area contributed by atoms with Crippen LogP contribution in [0.2, 0.25) is 0 Å². The molecule has 5 heteroatoms. The predicted molar refractivity (Wildman–Crippen MR) is 107 cm³/mol. The Morgan fingerprint density at radius 3 is 2.48 bits per heavy atom. The van der Waals surface area contributed by atoms with Crippen molar-refractivity contribution in [3.63, 3.8) is 0 Å². The summed E-state index contributed by atoms with van der Waals surface area (Å²) in [6.07, 6.45) is 17.3. The SMILES string of the molecule is COC(=O)CCC/C=C/CC1[C@@H](/C=C/CCCCCCO)[C@H](OC)C[C@@H]1O. The van der Waals surface area contributed by atoms with Gasteiger partial charge in [-0.25, -0.2) is 0 Å². The fourth-order valence-electron chi connectivity index (χ4n) is 3.75. The summed E-state index contributed by atoms with van der Waals surface area (Å²) in [6.45, 7) is 0.281. The topological polar surface area (TPSA) is 76.0 Å². The van der Waals surface area contributed by atoms with Gasteiger partial charge in [0.1, 0.15) is 0 Å². The zero-order chi connectivity index (χ0) is 19.9. The van der Waals surface area contributed by atoms with Gasteiger partial charge < -0.3 is 19.7 Å². The highest BCUT2D eigenvalue weighted by Crippen LogP contribution is 2.38. The molecule has 0 radical (unpaired) electrons. The van der Waals surface area contributed by atoms with E-state index in [0.717, 1.165) is 51.4 Å². The quantitative estimate of drug-likeness (QED) is 0.272. The van der Waals surface area contributed by atoms with Crippen LogP contribution in [0.1, 0.15) is 64.2 Å². The number of esters is 1. The molecule has 0 aliphatic heterocycles. The number of aliphatic hydroxyl groups is 2. The second-order valence-corrected chi connectivity index (χ2v) is 7.35. The van der Waals surface area contributed by atoms with Gasteiger partial charge in [0.25, 0.3) is 0 Å². The average molecular weight is 383 g/mol. The second-order valence-electron chi connectivity index (χ2n) is 7.35. The largest absolute Gasteiger partial charge is 0.469 e. The standard InChI is InChI=1S/C22H38O5/c1-26-21-17-20(24)18(13-9-6-7-11-15-22(25)27-2)19(21)14-10-5-3-4-8-12-16-23/h6,9-10,14,18-21,23-24H,3-5,7-8,11-13,15-17H2,1-2H3/b9-6+,14-10+/t18?,19-,20+,21-/m1/s1. The molecular weight excluding hydrogens is 344 g/mol. The molecule has 2 N–H and O–H groups in total. The second kappa shape index (κ2) is 14.8. The molecule has 1 aliphatic rings. The summed E-state index contributed by atoms with van der Waals surface area (Å²) in [6, 6.07) is 0. The van der Waals surface area contributed by atoms with Crippen molar-refractivity contribution < 1.29 is 24.5 Å². The van der Waals surface area contributed by atoms with Crippen LogP contribution in [0.3, 0.4) is 0 Å².